The number of benzene rings is 2. The molecule has 2 aromatic rings. The average molecular weight is 404 g/mol. The van der Waals surface area contributed by atoms with Gasteiger partial charge in [0.05, 0.1) is 19.6 Å². The van der Waals surface area contributed by atoms with Gasteiger partial charge in [0, 0.05) is 26.2 Å². The van der Waals surface area contributed by atoms with Gasteiger partial charge in [-0.15, -0.1) is 0 Å². The SMILES string of the molecule is COc1ccc(C(C#N)N2CCN(C(=O)Cc3ccc4c(c3)CCCC4)CC2)cc1. The molecule has 1 aliphatic heterocycles. The van der Waals surface area contributed by atoms with Crippen LogP contribution in [-0.2, 0) is 24.1 Å². The smallest absolute Gasteiger partial charge is 0.227 e. The van der Waals surface area contributed by atoms with Crippen molar-refractivity contribution in [3.05, 3.63) is 64.7 Å². The van der Waals surface area contributed by atoms with Crippen molar-refractivity contribution in [1.29, 1.82) is 5.26 Å². The summed E-state index contributed by atoms with van der Waals surface area (Å²) in [6.07, 6.45) is 5.29. The number of hydrogen-bond donors (Lipinski definition) is 0. The first-order valence-corrected chi connectivity index (χ1v) is 10.8. The van der Waals surface area contributed by atoms with Crippen LogP contribution in [0.3, 0.4) is 0 Å². The zero-order chi connectivity index (χ0) is 20.9. The van der Waals surface area contributed by atoms with Crippen LogP contribution in [0.1, 0.15) is 41.1 Å². The van der Waals surface area contributed by atoms with E-state index in [1.165, 1.54) is 30.4 Å². The highest BCUT2D eigenvalue weighted by Crippen LogP contribution is 2.25. The van der Waals surface area contributed by atoms with Crippen LogP contribution in [0.5, 0.6) is 5.75 Å². The maximum absolute atomic E-state index is 12.9. The summed E-state index contributed by atoms with van der Waals surface area (Å²) < 4.78 is 5.21. The molecule has 30 heavy (non-hydrogen) atoms. The van der Waals surface area contributed by atoms with Gasteiger partial charge in [0.25, 0.3) is 0 Å². The van der Waals surface area contributed by atoms with Crippen LogP contribution in [-0.4, -0.2) is 49.0 Å². The third-order valence-electron chi connectivity index (χ3n) is 6.35. The highest BCUT2D eigenvalue weighted by Gasteiger charge is 2.27. The van der Waals surface area contributed by atoms with E-state index in [9.17, 15) is 10.1 Å². The Balaban J connectivity index is 1.34. The normalized spacial score (nSPS) is 17.7. The summed E-state index contributed by atoms with van der Waals surface area (Å²) in [6, 6.07) is 16.3. The minimum absolute atomic E-state index is 0.184. The summed E-state index contributed by atoms with van der Waals surface area (Å²) in [7, 11) is 1.64. The van der Waals surface area contributed by atoms with Crippen molar-refractivity contribution in [3.63, 3.8) is 0 Å². The molecular formula is C25H29N3O2. The van der Waals surface area contributed by atoms with E-state index in [4.69, 9.17) is 4.74 Å². The van der Waals surface area contributed by atoms with E-state index in [2.05, 4.69) is 29.2 Å². The van der Waals surface area contributed by atoms with Crippen molar-refractivity contribution in [3.8, 4) is 11.8 Å². The molecule has 2 aliphatic rings. The minimum Gasteiger partial charge on any atom is -0.497 e. The third kappa shape index (κ3) is 4.49. The molecule has 0 radical (unpaired) electrons. The van der Waals surface area contributed by atoms with Gasteiger partial charge in [0.15, 0.2) is 0 Å². The van der Waals surface area contributed by atoms with E-state index in [0.717, 1.165) is 23.3 Å². The Bertz CT molecular complexity index is 924. The molecule has 156 valence electrons. The van der Waals surface area contributed by atoms with E-state index >= 15 is 0 Å². The molecule has 2 aromatic carbocycles. The molecule has 5 nitrogen and oxygen atoms in total. The second kappa shape index (κ2) is 9.32. The van der Waals surface area contributed by atoms with Crippen LogP contribution in [0.15, 0.2) is 42.5 Å². The number of rotatable bonds is 5. The standard InChI is InChI=1S/C25H29N3O2/c1-30-23-10-8-21(9-11-23)24(18-26)27-12-14-28(15-13-27)25(29)17-19-6-7-20-4-2-3-5-22(20)16-19/h6-11,16,24H,2-5,12-15,17H2,1H3. The second-order valence-electron chi connectivity index (χ2n) is 8.21. The summed E-state index contributed by atoms with van der Waals surface area (Å²) in [5.74, 6) is 0.969. The molecule has 5 heteroatoms. The van der Waals surface area contributed by atoms with Crippen molar-refractivity contribution >= 4 is 5.91 Å². The first kappa shape index (κ1) is 20.4. The number of piperazine rings is 1. The van der Waals surface area contributed by atoms with Gasteiger partial charge in [-0.05, 0) is 60.1 Å². The predicted octanol–water partition coefficient (Wildman–Crippen LogP) is 3.53. The summed E-state index contributed by atoms with van der Waals surface area (Å²) in [4.78, 5) is 17.0. The Morgan fingerprint density at radius 3 is 2.40 bits per heavy atom. The van der Waals surface area contributed by atoms with Crippen molar-refractivity contribution < 1.29 is 9.53 Å². The molecular weight excluding hydrogens is 374 g/mol. The molecule has 1 aliphatic carbocycles. The minimum atomic E-state index is -0.297. The topological polar surface area (TPSA) is 56.6 Å². The van der Waals surface area contributed by atoms with E-state index in [0.29, 0.717) is 32.6 Å². The number of nitriles is 1. The molecule has 1 unspecified atom stereocenters. The molecule has 0 saturated carbocycles. The fourth-order valence-corrected chi connectivity index (χ4v) is 4.57. The highest BCUT2D eigenvalue weighted by atomic mass is 16.5. The Hall–Kier alpha value is -2.84. The van der Waals surface area contributed by atoms with Crippen LogP contribution >= 0.6 is 0 Å². The zero-order valence-corrected chi connectivity index (χ0v) is 17.6. The molecule has 4 rings (SSSR count). The molecule has 1 fully saturated rings. The summed E-state index contributed by atoms with van der Waals surface area (Å²) in [5, 5.41) is 9.72. The van der Waals surface area contributed by atoms with Crippen LogP contribution < -0.4 is 4.74 Å². The lowest BCUT2D eigenvalue weighted by molar-refractivity contribution is -0.132. The molecule has 0 bridgehead atoms. The third-order valence-corrected chi connectivity index (χ3v) is 6.35. The van der Waals surface area contributed by atoms with Gasteiger partial charge in [-0.25, -0.2) is 0 Å². The Labute approximate surface area is 178 Å². The average Bonchev–Trinajstić information content (AvgIpc) is 2.80. The molecule has 0 N–H and O–H groups in total. The monoisotopic (exact) mass is 403 g/mol. The van der Waals surface area contributed by atoms with Crippen molar-refractivity contribution in [2.75, 3.05) is 33.3 Å². The zero-order valence-electron chi connectivity index (χ0n) is 17.6. The number of methoxy groups -OCH3 is 1. The van der Waals surface area contributed by atoms with Crippen LogP contribution in [0.2, 0.25) is 0 Å². The van der Waals surface area contributed by atoms with Gasteiger partial charge in [0.1, 0.15) is 11.8 Å². The van der Waals surface area contributed by atoms with Crippen LogP contribution in [0.4, 0.5) is 0 Å². The summed E-state index contributed by atoms with van der Waals surface area (Å²) >= 11 is 0. The maximum Gasteiger partial charge on any atom is 0.227 e. The van der Waals surface area contributed by atoms with Gasteiger partial charge in [0.2, 0.25) is 5.91 Å². The lowest BCUT2D eigenvalue weighted by atomic mass is 9.90. The molecule has 1 atom stereocenters. The quantitative estimate of drug-likeness (QED) is 0.766. The fraction of sp³-hybridized carbons (Fsp3) is 0.440. The van der Waals surface area contributed by atoms with E-state index < -0.39 is 0 Å². The maximum atomic E-state index is 12.9. The molecule has 1 amide bonds. The molecule has 0 aromatic heterocycles. The molecule has 0 spiro atoms. The molecule has 1 saturated heterocycles. The van der Waals surface area contributed by atoms with E-state index in [-0.39, 0.29) is 11.9 Å². The van der Waals surface area contributed by atoms with Crippen molar-refractivity contribution in [2.24, 2.45) is 0 Å². The number of hydrogen-bond acceptors (Lipinski definition) is 4. The largest absolute Gasteiger partial charge is 0.497 e. The Morgan fingerprint density at radius 1 is 1.03 bits per heavy atom. The first-order chi connectivity index (χ1) is 14.7. The second-order valence-corrected chi connectivity index (χ2v) is 8.21. The number of carbonyl (C=O) groups is 1. The number of aryl methyl sites for hydroxylation is 2. The van der Waals surface area contributed by atoms with Crippen LogP contribution in [0, 0.1) is 11.3 Å². The number of nitrogens with zero attached hydrogens (tertiary/aromatic N) is 3. The first-order valence-electron chi connectivity index (χ1n) is 10.8. The lowest BCUT2D eigenvalue weighted by Gasteiger charge is -2.37. The highest BCUT2D eigenvalue weighted by molar-refractivity contribution is 5.79. The number of carbonyl (C=O) groups excluding carboxylic acids is 1. The van der Waals surface area contributed by atoms with Crippen molar-refractivity contribution in [1.82, 2.24) is 9.80 Å². The van der Waals surface area contributed by atoms with Crippen molar-refractivity contribution in [2.45, 2.75) is 38.1 Å². The Morgan fingerprint density at radius 2 is 1.73 bits per heavy atom. The molecule has 1 heterocycles. The number of fused-ring (bicyclic) bond motifs is 1. The van der Waals surface area contributed by atoms with Gasteiger partial charge < -0.3 is 9.64 Å². The lowest BCUT2D eigenvalue weighted by Crippen LogP contribution is -2.49. The predicted molar refractivity (Wildman–Crippen MR) is 116 cm³/mol. The van der Waals surface area contributed by atoms with E-state index in [1.807, 2.05) is 29.2 Å². The Kier molecular flexibility index (Phi) is 6.35. The van der Waals surface area contributed by atoms with Gasteiger partial charge in [-0.2, -0.15) is 5.26 Å². The summed E-state index contributed by atoms with van der Waals surface area (Å²) in [6.45, 7) is 2.75. The summed E-state index contributed by atoms with van der Waals surface area (Å²) in [5.41, 5.74) is 4.96. The van der Waals surface area contributed by atoms with Gasteiger partial charge in [-0.1, -0.05) is 30.3 Å². The van der Waals surface area contributed by atoms with E-state index in [1.54, 1.807) is 7.11 Å². The number of ether oxygens (including phenoxy) is 1. The van der Waals surface area contributed by atoms with Crippen LogP contribution in [0.25, 0.3) is 0 Å². The van der Waals surface area contributed by atoms with Gasteiger partial charge in [-0.3, -0.25) is 9.69 Å². The fourth-order valence-electron chi connectivity index (χ4n) is 4.57. The number of amides is 1. The van der Waals surface area contributed by atoms with Gasteiger partial charge >= 0.3 is 0 Å².